The van der Waals surface area contributed by atoms with Gasteiger partial charge in [0.2, 0.25) is 0 Å². The maximum absolute atomic E-state index is 11.4. The van der Waals surface area contributed by atoms with Crippen LogP contribution in [0.25, 0.3) is 0 Å². The molecule has 0 aliphatic rings. The molecule has 0 bridgehead atoms. The van der Waals surface area contributed by atoms with Gasteiger partial charge in [-0.2, -0.15) is 0 Å². The smallest absolute Gasteiger partial charge is 0.251 e. The maximum Gasteiger partial charge on any atom is 0.251 e. The third-order valence-electron chi connectivity index (χ3n) is 2.26. The molecule has 0 saturated carbocycles. The van der Waals surface area contributed by atoms with Gasteiger partial charge in [0.05, 0.1) is 0 Å². The molecule has 82 valence electrons. The van der Waals surface area contributed by atoms with E-state index in [0.717, 1.165) is 5.56 Å². The van der Waals surface area contributed by atoms with Gasteiger partial charge in [0.15, 0.2) is 0 Å². The van der Waals surface area contributed by atoms with Crippen LogP contribution < -0.4 is 5.32 Å². The molecule has 0 aliphatic carbocycles. The van der Waals surface area contributed by atoms with E-state index in [-0.39, 0.29) is 11.3 Å². The summed E-state index contributed by atoms with van der Waals surface area (Å²) in [5.41, 5.74) is 1.58. The standard InChI is InChI=1S/C12H16ClNO/c1-12(2,3)9-7-8(11(15)14-4)5-6-10(9)13/h5-7H,1-4H3,(H,14,15). The van der Waals surface area contributed by atoms with Gasteiger partial charge in [-0.15, -0.1) is 0 Å². The van der Waals surface area contributed by atoms with Crippen molar-refractivity contribution in [2.45, 2.75) is 26.2 Å². The first-order valence-electron chi connectivity index (χ1n) is 4.88. The summed E-state index contributed by atoms with van der Waals surface area (Å²) in [4.78, 5) is 11.4. The summed E-state index contributed by atoms with van der Waals surface area (Å²) in [5, 5.41) is 3.30. The van der Waals surface area contributed by atoms with Crippen LogP contribution in [0.5, 0.6) is 0 Å². The lowest BCUT2D eigenvalue weighted by Gasteiger charge is -2.21. The number of rotatable bonds is 1. The van der Waals surface area contributed by atoms with Crippen LogP contribution in [0.4, 0.5) is 0 Å². The second-order valence-electron chi connectivity index (χ2n) is 4.52. The minimum atomic E-state index is -0.0860. The molecule has 0 atom stereocenters. The minimum Gasteiger partial charge on any atom is -0.355 e. The number of carbonyl (C=O) groups excluding carboxylic acids is 1. The summed E-state index contributed by atoms with van der Waals surface area (Å²) < 4.78 is 0. The Morgan fingerprint density at radius 2 is 1.93 bits per heavy atom. The van der Waals surface area contributed by atoms with Gasteiger partial charge in [0.25, 0.3) is 5.91 Å². The van der Waals surface area contributed by atoms with Crippen LogP contribution in [0.2, 0.25) is 5.02 Å². The number of hydrogen-bond donors (Lipinski definition) is 1. The van der Waals surface area contributed by atoms with Gasteiger partial charge >= 0.3 is 0 Å². The fraction of sp³-hybridized carbons (Fsp3) is 0.417. The Balaban J connectivity index is 3.23. The van der Waals surface area contributed by atoms with Crippen molar-refractivity contribution in [1.82, 2.24) is 5.32 Å². The second-order valence-corrected chi connectivity index (χ2v) is 4.93. The molecule has 1 aromatic rings. The van der Waals surface area contributed by atoms with Gasteiger partial charge < -0.3 is 5.32 Å². The summed E-state index contributed by atoms with van der Waals surface area (Å²) >= 11 is 6.10. The number of benzene rings is 1. The molecule has 3 heteroatoms. The molecular formula is C12H16ClNO. The van der Waals surface area contributed by atoms with Crippen molar-refractivity contribution in [3.63, 3.8) is 0 Å². The molecule has 1 amide bonds. The molecule has 0 heterocycles. The molecule has 0 spiro atoms. The predicted molar refractivity (Wildman–Crippen MR) is 63.5 cm³/mol. The molecule has 1 N–H and O–H groups in total. The van der Waals surface area contributed by atoms with Crippen molar-refractivity contribution in [1.29, 1.82) is 0 Å². The van der Waals surface area contributed by atoms with Crippen LogP contribution in [-0.2, 0) is 5.41 Å². The average Bonchev–Trinajstić information content (AvgIpc) is 2.15. The quantitative estimate of drug-likeness (QED) is 0.782. The highest BCUT2D eigenvalue weighted by Gasteiger charge is 2.18. The molecule has 0 aliphatic heterocycles. The number of hydrogen-bond acceptors (Lipinski definition) is 1. The van der Waals surface area contributed by atoms with Crippen molar-refractivity contribution in [3.05, 3.63) is 34.3 Å². The van der Waals surface area contributed by atoms with Gasteiger partial charge in [0.1, 0.15) is 0 Å². The molecule has 0 radical (unpaired) electrons. The number of amides is 1. The van der Waals surface area contributed by atoms with Crippen molar-refractivity contribution in [2.75, 3.05) is 7.05 Å². The first kappa shape index (κ1) is 12.1. The van der Waals surface area contributed by atoms with Crippen molar-refractivity contribution in [3.8, 4) is 0 Å². The zero-order chi connectivity index (χ0) is 11.6. The number of carbonyl (C=O) groups is 1. The van der Waals surface area contributed by atoms with Gasteiger partial charge in [-0.25, -0.2) is 0 Å². The lowest BCUT2D eigenvalue weighted by atomic mass is 9.86. The van der Waals surface area contributed by atoms with Gasteiger partial charge in [-0.3, -0.25) is 4.79 Å². The maximum atomic E-state index is 11.4. The topological polar surface area (TPSA) is 29.1 Å². The molecular weight excluding hydrogens is 210 g/mol. The van der Waals surface area contributed by atoms with Gasteiger partial charge in [-0.1, -0.05) is 32.4 Å². The fourth-order valence-electron chi connectivity index (χ4n) is 1.39. The zero-order valence-electron chi connectivity index (χ0n) is 9.52. The van der Waals surface area contributed by atoms with E-state index in [1.807, 2.05) is 6.07 Å². The molecule has 0 saturated heterocycles. The monoisotopic (exact) mass is 225 g/mol. The van der Waals surface area contributed by atoms with Crippen LogP contribution in [0.1, 0.15) is 36.7 Å². The minimum absolute atomic E-state index is 0.0544. The summed E-state index contributed by atoms with van der Waals surface area (Å²) in [6, 6.07) is 5.35. The van der Waals surface area contributed by atoms with Crippen LogP contribution >= 0.6 is 11.6 Å². The fourth-order valence-corrected chi connectivity index (χ4v) is 1.79. The molecule has 1 aromatic carbocycles. The highest BCUT2D eigenvalue weighted by atomic mass is 35.5. The molecule has 1 rings (SSSR count). The van der Waals surface area contributed by atoms with Crippen molar-refractivity contribution < 1.29 is 4.79 Å². The highest BCUT2D eigenvalue weighted by Crippen LogP contribution is 2.30. The molecule has 2 nitrogen and oxygen atoms in total. The lowest BCUT2D eigenvalue weighted by Crippen LogP contribution is -2.19. The van der Waals surface area contributed by atoms with E-state index in [0.29, 0.717) is 10.6 Å². The lowest BCUT2D eigenvalue weighted by molar-refractivity contribution is 0.0963. The van der Waals surface area contributed by atoms with E-state index < -0.39 is 0 Å². The van der Waals surface area contributed by atoms with Gasteiger partial charge in [0, 0.05) is 17.6 Å². The number of halogens is 1. The van der Waals surface area contributed by atoms with E-state index >= 15 is 0 Å². The van der Waals surface area contributed by atoms with Crippen LogP contribution in [-0.4, -0.2) is 13.0 Å². The Morgan fingerprint density at radius 3 is 2.40 bits per heavy atom. The van der Waals surface area contributed by atoms with Gasteiger partial charge in [-0.05, 0) is 29.2 Å². The first-order valence-corrected chi connectivity index (χ1v) is 5.26. The third kappa shape index (κ3) is 2.72. The van der Waals surface area contributed by atoms with Crippen molar-refractivity contribution in [2.24, 2.45) is 0 Å². The summed E-state index contributed by atoms with van der Waals surface area (Å²) in [6.45, 7) is 6.21. The molecule has 15 heavy (non-hydrogen) atoms. The van der Waals surface area contributed by atoms with Crippen LogP contribution in [0.3, 0.4) is 0 Å². The first-order chi connectivity index (χ1) is 6.86. The van der Waals surface area contributed by atoms with Crippen LogP contribution in [0, 0.1) is 0 Å². The average molecular weight is 226 g/mol. The Bertz CT molecular complexity index is 380. The van der Waals surface area contributed by atoms with E-state index in [4.69, 9.17) is 11.6 Å². The Morgan fingerprint density at radius 1 is 1.33 bits per heavy atom. The molecule has 0 aromatic heterocycles. The molecule has 0 unspecified atom stereocenters. The van der Waals surface area contributed by atoms with E-state index in [9.17, 15) is 4.79 Å². The van der Waals surface area contributed by atoms with E-state index in [1.165, 1.54) is 0 Å². The summed E-state index contributed by atoms with van der Waals surface area (Å²) in [7, 11) is 1.62. The Hall–Kier alpha value is -1.02. The SMILES string of the molecule is CNC(=O)c1ccc(Cl)c(C(C)(C)C)c1. The van der Waals surface area contributed by atoms with E-state index in [2.05, 4.69) is 26.1 Å². The summed E-state index contributed by atoms with van der Waals surface area (Å²) in [5.74, 6) is -0.0860. The second kappa shape index (κ2) is 4.23. The molecule has 0 fully saturated rings. The number of nitrogens with one attached hydrogen (secondary N) is 1. The highest BCUT2D eigenvalue weighted by molar-refractivity contribution is 6.31. The Kier molecular flexibility index (Phi) is 3.40. The summed E-state index contributed by atoms with van der Waals surface area (Å²) in [6.07, 6.45) is 0. The largest absolute Gasteiger partial charge is 0.355 e. The third-order valence-corrected chi connectivity index (χ3v) is 2.59. The van der Waals surface area contributed by atoms with Crippen LogP contribution in [0.15, 0.2) is 18.2 Å². The zero-order valence-corrected chi connectivity index (χ0v) is 10.3. The Labute approximate surface area is 95.6 Å². The van der Waals surface area contributed by atoms with E-state index in [1.54, 1.807) is 19.2 Å². The normalized spacial score (nSPS) is 11.3. The van der Waals surface area contributed by atoms with Crippen molar-refractivity contribution >= 4 is 17.5 Å². The predicted octanol–water partition coefficient (Wildman–Crippen LogP) is 3.00.